The number of benzene rings is 3. The van der Waals surface area contributed by atoms with Crippen molar-refractivity contribution in [1.29, 1.82) is 0 Å². The molecule has 0 aliphatic carbocycles. The van der Waals surface area contributed by atoms with Gasteiger partial charge in [0.1, 0.15) is 0 Å². The van der Waals surface area contributed by atoms with Crippen LogP contribution in [-0.4, -0.2) is 56.3 Å². The number of halogens is 1. The van der Waals surface area contributed by atoms with Gasteiger partial charge in [-0.05, 0) is 48.9 Å². The summed E-state index contributed by atoms with van der Waals surface area (Å²) in [5, 5.41) is 0.455. The number of para-hydroxylation sites is 1. The van der Waals surface area contributed by atoms with E-state index in [-0.39, 0.29) is 23.9 Å². The first-order chi connectivity index (χ1) is 16.3. The second-order valence-electron chi connectivity index (χ2n) is 8.42. The Labute approximate surface area is 206 Å². The third kappa shape index (κ3) is 5.78. The molecule has 0 aromatic heterocycles. The molecule has 178 valence electrons. The van der Waals surface area contributed by atoms with Crippen molar-refractivity contribution in [3.63, 3.8) is 0 Å². The fourth-order valence-electron chi connectivity index (χ4n) is 3.98. The van der Waals surface area contributed by atoms with Crippen LogP contribution in [0.25, 0.3) is 0 Å². The Hall–Kier alpha value is -2.87. The summed E-state index contributed by atoms with van der Waals surface area (Å²) in [5.41, 5.74) is 3.04. The molecule has 0 bridgehead atoms. The van der Waals surface area contributed by atoms with Crippen molar-refractivity contribution in [3.8, 4) is 0 Å². The van der Waals surface area contributed by atoms with Crippen LogP contribution in [0.4, 0.5) is 5.69 Å². The zero-order valence-electron chi connectivity index (χ0n) is 19.1. The van der Waals surface area contributed by atoms with Crippen LogP contribution in [0.5, 0.6) is 0 Å². The number of rotatable bonds is 7. The van der Waals surface area contributed by atoms with Crippen molar-refractivity contribution >= 4 is 33.2 Å². The minimum absolute atomic E-state index is 0.112. The molecule has 1 amide bonds. The quantitative estimate of drug-likeness (QED) is 0.491. The Balaban J connectivity index is 1.50. The van der Waals surface area contributed by atoms with Crippen molar-refractivity contribution in [2.45, 2.75) is 18.4 Å². The van der Waals surface area contributed by atoms with Gasteiger partial charge in [-0.3, -0.25) is 4.79 Å². The van der Waals surface area contributed by atoms with Crippen molar-refractivity contribution in [2.75, 3.05) is 37.6 Å². The Morgan fingerprint density at radius 1 is 0.882 bits per heavy atom. The number of carbonyl (C=O) groups excluding carboxylic acids is 1. The van der Waals surface area contributed by atoms with Gasteiger partial charge in [-0.15, -0.1) is 0 Å². The van der Waals surface area contributed by atoms with Crippen LogP contribution in [0.2, 0.25) is 5.02 Å². The van der Waals surface area contributed by atoms with Gasteiger partial charge >= 0.3 is 0 Å². The number of aryl methyl sites for hydroxylation is 1. The topological polar surface area (TPSA) is 60.9 Å². The zero-order valence-corrected chi connectivity index (χ0v) is 20.7. The van der Waals surface area contributed by atoms with E-state index in [0.29, 0.717) is 31.2 Å². The fraction of sp³-hybridized carbons (Fsp3) is 0.269. The first kappa shape index (κ1) is 24.3. The van der Waals surface area contributed by atoms with E-state index in [4.69, 9.17) is 11.6 Å². The third-order valence-corrected chi connectivity index (χ3v) is 8.05. The monoisotopic (exact) mass is 497 g/mol. The Kier molecular flexibility index (Phi) is 7.56. The lowest BCUT2D eigenvalue weighted by Crippen LogP contribution is -2.51. The van der Waals surface area contributed by atoms with Crippen LogP contribution in [-0.2, 0) is 21.4 Å². The molecule has 0 radical (unpaired) electrons. The lowest BCUT2D eigenvalue weighted by molar-refractivity contribution is -0.131. The molecule has 1 aliphatic heterocycles. The maximum absolute atomic E-state index is 13.5. The first-order valence-electron chi connectivity index (χ1n) is 11.2. The number of amides is 1. The van der Waals surface area contributed by atoms with E-state index in [1.807, 2.05) is 49.4 Å². The Bertz CT molecular complexity index is 1210. The molecule has 1 saturated heterocycles. The molecule has 1 aliphatic rings. The number of hydrogen-bond donors (Lipinski definition) is 0. The van der Waals surface area contributed by atoms with Crippen LogP contribution in [0.3, 0.4) is 0 Å². The largest absolute Gasteiger partial charge is 0.368 e. The van der Waals surface area contributed by atoms with Crippen molar-refractivity contribution < 1.29 is 13.2 Å². The highest BCUT2D eigenvalue weighted by Crippen LogP contribution is 2.22. The molecule has 0 N–H and O–H groups in total. The lowest BCUT2D eigenvalue weighted by atomic mass is 10.1. The summed E-state index contributed by atoms with van der Waals surface area (Å²) in [4.78, 5) is 17.3. The molecule has 4 rings (SSSR count). The summed E-state index contributed by atoms with van der Waals surface area (Å²) in [6.45, 7) is 4.38. The van der Waals surface area contributed by atoms with Gasteiger partial charge < -0.3 is 9.80 Å². The van der Waals surface area contributed by atoms with E-state index in [9.17, 15) is 13.2 Å². The molecule has 3 aromatic carbocycles. The molecule has 0 spiro atoms. The molecule has 8 heteroatoms. The summed E-state index contributed by atoms with van der Waals surface area (Å²) in [6, 6.07) is 23.8. The fourth-order valence-corrected chi connectivity index (χ4v) is 5.49. The van der Waals surface area contributed by atoms with E-state index in [0.717, 1.165) is 16.8 Å². The lowest BCUT2D eigenvalue weighted by Gasteiger charge is -2.37. The Morgan fingerprint density at radius 3 is 2.12 bits per heavy atom. The van der Waals surface area contributed by atoms with E-state index in [1.165, 1.54) is 16.4 Å². The van der Waals surface area contributed by atoms with E-state index in [2.05, 4.69) is 17.0 Å². The van der Waals surface area contributed by atoms with Gasteiger partial charge in [-0.25, -0.2) is 8.42 Å². The van der Waals surface area contributed by atoms with Crippen LogP contribution in [0.1, 0.15) is 11.1 Å². The van der Waals surface area contributed by atoms with Gasteiger partial charge in [-0.1, -0.05) is 59.6 Å². The Morgan fingerprint density at radius 2 is 1.50 bits per heavy atom. The summed E-state index contributed by atoms with van der Waals surface area (Å²) in [6.07, 6.45) is 0. The third-order valence-electron chi connectivity index (χ3n) is 6.00. The summed E-state index contributed by atoms with van der Waals surface area (Å²) < 4.78 is 28.2. The maximum atomic E-state index is 13.5. The molecule has 0 atom stereocenters. The highest BCUT2D eigenvalue weighted by atomic mass is 35.5. The van der Waals surface area contributed by atoms with Crippen molar-refractivity contribution in [1.82, 2.24) is 9.21 Å². The highest BCUT2D eigenvalue weighted by molar-refractivity contribution is 7.89. The predicted molar refractivity (Wildman–Crippen MR) is 135 cm³/mol. The molecule has 6 nitrogen and oxygen atoms in total. The minimum atomic E-state index is -3.90. The summed E-state index contributed by atoms with van der Waals surface area (Å²) >= 11 is 5.95. The molecule has 1 heterocycles. The molecule has 1 fully saturated rings. The molecule has 3 aromatic rings. The zero-order chi connectivity index (χ0) is 24.1. The number of sulfonamides is 1. The van der Waals surface area contributed by atoms with Crippen LogP contribution in [0, 0.1) is 6.92 Å². The molecule has 0 unspecified atom stereocenters. The summed E-state index contributed by atoms with van der Waals surface area (Å²) in [7, 11) is -3.90. The second-order valence-corrected chi connectivity index (χ2v) is 10.8. The van der Waals surface area contributed by atoms with E-state index >= 15 is 0 Å². The number of anilines is 1. The van der Waals surface area contributed by atoms with Crippen molar-refractivity contribution in [2.24, 2.45) is 0 Å². The number of hydrogen-bond acceptors (Lipinski definition) is 4. The smallest absolute Gasteiger partial charge is 0.243 e. The van der Waals surface area contributed by atoms with Gasteiger partial charge in [0.25, 0.3) is 0 Å². The molecular weight excluding hydrogens is 470 g/mol. The van der Waals surface area contributed by atoms with Crippen LogP contribution < -0.4 is 4.90 Å². The van der Waals surface area contributed by atoms with Gasteiger partial charge in [0.2, 0.25) is 15.9 Å². The molecule has 0 saturated carbocycles. The average molecular weight is 498 g/mol. The second kappa shape index (κ2) is 10.6. The van der Waals surface area contributed by atoms with Gasteiger partial charge in [0.15, 0.2) is 0 Å². The van der Waals surface area contributed by atoms with E-state index in [1.54, 1.807) is 17.0 Å². The van der Waals surface area contributed by atoms with Crippen molar-refractivity contribution in [3.05, 3.63) is 95.0 Å². The van der Waals surface area contributed by atoms with E-state index < -0.39 is 10.0 Å². The maximum Gasteiger partial charge on any atom is 0.243 e. The van der Waals surface area contributed by atoms with Crippen LogP contribution in [0.15, 0.2) is 83.8 Å². The number of nitrogens with zero attached hydrogens (tertiary/aromatic N) is 3. The minimum Gasteiger partial charge on any atom is -0.368 e. The molecular formula is C26H28ClN3O3S. The normalized spacial score (nSPS) is 14.4. The van der Waals surface area contributed by atoms with Gasteiger partial charge in [0.05, 0.1) is 11.4 Å². The molecule has 34 heavy (non-hydrogen) atoms. The number of carbonyl (C=O) groups is 1. The predicted octanol–water partition coefficient (Wildman–Crippen LogP) is 4.19. The average Bonchev–Trinajstić information content (AvgIpc) is 2.86. The first-order valence-corrected chi connectivity index (χ1v) is 13.0. The van der Waals surface area contributed by atoms with Gasteiger partial charge in [-0.2, -0.15) is 4.31 Å². The SMILES string of the molecule is Cc1ccc(CN(CC(=O)N2CCN(c3ccccc3)CC2)S(=O)(=O)c2ccc(Cl)cc2)cc1. The number of piperazine rings is 1. The van der Waals surface area contributed by atoms with Gasteiger partial charge in [0, 0.05) is 43.4 Å². The highest BCUT2D eigenvalue weighted by Gasteiger charge is 2.30. The standard InChI is InChI=1S/C26H28ClN3O3S/c1-21-7-9-22(10-8-21)19-30(34(32,33)25-13-11-23(27)12-14-25)20-26(31)29-17-15-28(16-18-29)24-5-3-2-4-6-24/h2-14H,15-20H2,1H3. The van der Waals surface area contributed by atoms with Crippen LogP contribution >= 0.6 is 11.6 Å². The summed E-state index contributed by atoms with van der Waals surface area (Å²) in [5.74, 6) is -0.197.